The van der Waals surface area contributed by atoms with Gasteiger partial charge in [0.05, 0.1) is 6.61 Å². The molecule has 0 N–H and O–H groups in total. The van der Waals surface area contributed by atoms with Gasteiger partial charge >= 0.3 is 0 Å². The van der Waals surface area contributed by atoms with E-state index in [1.807, 2.05) is 30.3 Å². The van der Waals surface area contributed by atoms with Gasteiger partial charge in [0.1, 0.15) is 5.75 Å². The summed E-state index contributed by atoms with van der Waals surface area (Å²) < 4.78 is 36.2. The first-order chi connectivity index (χ1) is 18.6. The summed E-state index contributed by atoms with van der Waals surface area (Å²) in [5, 5.41) is 0. The van der Waals surface area contributed by atoms with Crippen molar-refractivity contribution in [2.24, 2.45) is 5.92 Å². The second kappa shape index (κ2) is 17.6. The lowest BCUT2D eigenvalue weighted by atomic mass is 9.76. The molecule has 1 aliphatic carbocycles. The van der Waals surface area contributed by atoms with Crippen LogP contribution in [-0.4, -0.2) is 6.61 Å². The minimum Gasteiger partial charge on any atom is -0.494 e. The SMILES string of the molecule is CCCCCCCCCCCCOc1ccc(-c2ccc(C3CCC(CCCCC)CC3)c(F)c2F)cc1. The summed E-state index contributed by atoms with van der Waals surface area (Å²) >= 11 is 0. The first-order valence-electron chi connectivity index (χ1n) is 15.8. The molecule has 0 bridgehead atoms. The highest BCUT2D eigenvalue weighted by Gasteiger charge is 2.26. The lowest BCUT2D eigenvalue weighted by Gasteiger charge is -2.29. The number of hydrogen-bond donors (Lipinski definition) is 0. The van der Waals surface area contributed by atoms with E-state index in [2.05, 4.69) is 13.8 Å². The van der Waals surface area contributed by atoms with E-state index in [0.29, 0.717) is 23.3 Å². The molecule has 212 valence electrons. The van der Waals surface area contributed by atoms with E-state index >= 15 is 8.78 Å². The summed E-state index contributed by atoms with van der Waals surface area (Å²) in [5.74, 6) is 0.320. The fourth-order valence-electron chi connectivity index (χ4n) is 6.06. The smallest absolute Gasteiger partial charge is 0.166 e. The molecule has 0 amide bonds. The minimum atomic E-state index is -0.716. The first kappa shape index (κ1) is 30.6. The summed E-state index contributed by atoms with van der Waals surface area (Å²) in [5.41, 5.74) is 1.59. The van der Waals surface area contributed by atoms with Gasteiger partial charge in [-0.15, -0.1) is 0 Å². The van der Waals surface area contributed by atoms with E-state index in [1.54, 1.807) is 6.07 Å². The third-order valence-corrected chi connectivity index (χ3v) is 8.55. The van der Waals surface area contributed by atoms with E-state index in [4.69, 9.17) is 4.74 Å². The topological polar surface area (TPSA) is 9.23 Å². The molecule has 1 aliphatic rings. The molecule has 3 heteroatoms. The molecule has 0 saturated heterocycles. The van der Waals surface area contributed by atoms with Crippen LogP contribution in [0.3, 0.4) is 0 Å². The monoisotopic (exact) mass is 526 g/mol. The molecule has 0 unspecified atom stereocenters. The van der Waals surface area contributed by atoms with Gasteiger partial charge in [-0.1, -0.05) is 122 Å². The second-order valence-electron chi connectivity index (χ2n) is 11.6. The average Bonchev–Trinajstić information content (AvgIpc) is 2.94. The number of halogens is 2. The molecular formula is C35H52F2O. The van der Waals surface area contributed by atoms with Crippen LogP contribution in [0.5, 0.6) is 5.75 Å². The van der Waals surface area contributed by atoms with Crippen molar-refractivity contribution in [3.63, 3.8) is 0 Å². The van der Waals surface area contributed by atoms with Crippen molar-refractivity contribution < 1.29 is 13.5 Å². The Kier molecular flexibility index (Phi) is 14.2. The van der Waals surface area contributed by atoms with Crippen molar-refractivity contribution in [2.75, 3.05) is 6.61 Å². The van der Waals surface area contributed by atoms with Crippen LogP contribution in [-0.2, 0) is 0 Å². The summed E-state index contributed by atoms with van der Waals surface area (Å²) in [4.78, 5) is 0. The van der Waals surface area contributed by atoms with Crippen LogP contribution < -0.4 is 4.74 Å². The highest BCUT2D eigenvalue weighted by Crippen LogP contribution is 2.40. The van der Waals surface area contributed by atoms with Gasteiger partial charge in [0.25, 0.3) is 0 Å². The van der Waals surface area contributed by atoms with E-state index in [-0.39, 0.29) is 5.92 Å². The first-order valence-corrected chi connectivity index (χ1v) is 15.8. The fraction of sp³-hybridized carbons (Fsp3) is 0.657. The summed E-state index contributed by atoms with van der Waals surface area (Å²) in [7, 11) is 0. The molecule has 0 atom stereocenters. The van der Waals surface area contributed by atoms with Gasteiger partial charge in [-0.2, -0.15) is 0 Å². The van der Waals surface area contributed by atoms with Crippen LogP contribution in [0.15, 0.2) is 36.4 Å². The van der Waals surface area contributed by atoms with Gasteiger partial charge in [-0.05, 0) is 67.2 Å². The number of ether oxygens (including phenoxy) is 1. The second-order valence-corrected chi connectivity index (χ2v) is 11.6. The van der Waals surface area contributed by atoms with Crippen LogP contribution >= 0.6 is 0 Å². The lowest BCUT2D eigenvalue weighted by molar-refractivity contribution is 0.298. The van der Waals surface area contributed by atoms with E-state index in [1.165, 1.54) is 83.5 Å². The van der Waals surface area contributed by atoms with Gasteiger partial charge in [-0.3, -0.25) is 0 Å². The van der Waals surface area contributed by atoms with Gasteiger partial charge in [-0.25, -0.2) is 8.78 Å². The van der Waals surface area contributed by atoms with Crippen molar-refractivity contribution in [1.82, 2.24) is 0 Å². The Morgan fingerprint density at radius 3 is 1.84 bits per heavy atom. The maximum absolute atomic E-state index is 15.1. The van der Waals surface area contributed by atoms with Crippen LogP contribution in [0.4, 0.5) is 8.78 Å². The van der Waals surface area contributed by atoms with Gasteiger partial charge in [0.15, 0.2) is 11.6 Å². The van der Waals surface area contributed by atoms with Crippen molar-refractivity contribution in [2.45, 2.75) is 135 Å². The Hall–Kier alpha value is -1.90. The van der Waals surface area contributed by atoms with E-state index in [9.17, 15) is 0 Å². The van der Waals surface area contributed by atoms with Crippen molar-refractivity contribution in [3.05, 3.63) is 53.6 Å². The Balaban J connectivity index is 1.40. The predicted octanol–water partition coefficient (Wildman–Crippen LogP) is 11.8. The number of unbranched alkanes of at least 4 members (excludes halogenated alkanes) is 11. The lowest BCUT2D eigenvalue weighted by Crippen LogP contribution is -2.15. The van der Waals surface area contributed by atoms with Crippen LogP contribution in [0.2, 0.25) is 0 Å². The molecule has 3 rings (SSSR count). The fourth-order valence-corrected chi connectivity index (χ4v) is 6.06. The quantitative estimate of drug-likeness (QED) is 0.175. The zero-order valence-electron chi connectivity index (χ0n) is 24.2. The molecule has 0 aliphatic heterocycles. The number of rotatable bonds is 18. The molecule has 0 heterocycles. The van der Waals surface area contributed by atoms with E-state index in [0.717, 1.165) is 43.8 Å². The molecular weight excluding hydrogens is 474 g/mol. The van der Waals surface area contributed by atoms with Gasteiger partial charge < -0.3 is 4.74 Å². The predicted molar refractivity (Wildman–Crippen MR) is 158 cm³/mol. The molecule has 0 radical (unpaired) electrons. The third kappa shape index (κ3) is 10.0. The number of hydrogen-bond acceptors (Lipinski definition) is 1. The molecule has 1 fully saturated rings. The normalized spacial score (nSPS) is 17.6. The largest absolute Gasteiger partial charge is 0.494 e. The molecule has 1 nitrogen and oxygen atoms in total. The number of benzene rings is 2. The van der Waals surface area contributed by atoms with Gasteiger partial charge in [0, 0.05) is 5.56 Å². The Morgan fingerprint density at radius 1 is 0.632 bits per heavy atom. The van der Waals surface area contributed by atoms with Crippen molar-refractivity contribution >= 4 is 0 Å². The standard InChI is InChI=1S/C35H52F2O/c1-3-5-7-8-9-10-11-12-13-15-27-38-31-23-21-30(22-24-31)33-26-25-32(34(36)35(33)37)29-19-17-28(18-20-29)16-14-6-4-2/h21-26,28-29H,3-20,27H2,1-2H3. The Morgan fingerprint density at radius 2 is 1.21 bits per heavy atom. The molecule has 2 aromatic rings. The molecule has 38 heavy (non-hydrogen) atoms. The zero-order valence-corrected chi connectivity index (χ0v) is 24.2. The third-order valence-electron chi connectivity index (χ3n) is 8.55. The zero-order chi connectivity index (χ0) is 27.0. The summed E-state index contributed by atoms with van der Waals surface area (Å²) in [6, 6.07) is 11.0. The Bertz CT molecular complexity index is 899. The van der Waals surface area contributed by atoms with Gasteiger partial charge in [0.2, 0.25) is 0 Å². The van der Waals surface area contributed by atoms with Crippen molar-refractivity contribution in [3.8, 4) is 16.9 Å². The molecule has 0 aromatic heterocycles. The molecule has 1 saturated carbocycles. The highest BCUT2D eigenvalue weighted by molar-refractivity contribution is 5.65. The Labute approximate surface area is 231 Å². The van der Waals surface area contributed by atoms with Crippen LogP contribution in [0.1, 0.15) is 141 Å². The maximum atomic E-state index is 15.1. The van der Waals surface area contributed by atoms with Crippen LogP contribution in [0.25, 0.3) is 11.1 Å². The van der Waals surface area contributed by atoms with E-state index < -0.39 is 11.6 Å². The van der Waals surface area contributed by atoms with Crippen LogP contribution in [0, 0.1) is 17.6 Å². The highest BCUT2D eigenvalue weighted by atomic mass is 19.2. The molecule has 0 spiro atoms. The summed E-state index contributed by atoms with van der Waals surface area (Å²) in [6.07, 6.45) is 22.4. The van der Waals surface area contributed by atoms with Crippen molar-refractivity contribution in [1.29, 1.82) is 0 Å². The average molecular weight is 527 g/mol. The minimum absolute atomic E-state index is 0.141. The molecule has 2 aromatic carbocycles. The maximum Gasteiger partial charge on any atom is 0.166 e. The summed E-state index contributed by atoms with van der Waals surface area (Å²) in [6.45, 7) is 5.20.